The molecule has 1 unspecified atom stereocenters. The lowest BCUT2D eigenvalue weighted by Gasteiger charge is -2.15. The van der Waals surface area contributed by atoms with E-state index >= 15 is 0 Å². The molecule has 1 heterocycles. The molecule has 0 fully saturated rings. The van der Waals surface area contributed by atoms with E-state index in [2.05, 4.69) is 33.2 Å². The second kappa shape index (κ2) is 10.5. The smallest absolute Gasteiger partial charge is 0.270 e. The number of nitrogens with zero attached hydrogens (tertiary/aromatic N) is 3. The topological polar surface area (TPSA) is 108 Å². The molecular weight excluding hydrogens is 421 g/mol. The summed E-state index contributed by atoms with van der Waals surface area (Å²) in [5.74, 6) is -1.22. The molecule has 2 amide bonds. The summed E-state index contributed by atoms with van der Waals surface area (Å²) in [5, 5.41) is 14.6. The van der Waals surface area contributed by atoms with Crippen LogP contribution < -0.4 is 10.6 Å². The first-order valence-electron chi connectivity index (χ1n) is 10.4. The Kier molecular flexibility index (Phi) is 7.46. The van der Waals surface area contributed by atoms with Gasteiger partial charge in [0.05, 0.1) is 12.1 Å². The van der Waals surface area contributed by atoms with E-state index in [0.717, 1.165) is 23.0 Å². The van der Waals surface area contributed by atoms with Crippen LogP contribution in [0.25, 0.3) is 0 Å². The maximum atomic E-state index is 13.4. The minimum absolute atomic E-state index is 0.0492. The average Bonchev–Trinajstić information content (AvgIpc) is 3.20. The van der Waals surface area contributed by atoms with Crippen LogP contribution in [0.15, 0.2) is 66.0 Å². The molecule has 3 rings (SSSR count). The third-order valence-corrected chi connectivity index (χ3v) is 5.35. The Hall–Kier alpha value is -4.12. The van der Waals surface area contributed by atoms with Crippen molar-refractivity contribution >= 4 is 11.8 Å². The summed E-state index contributed by atoms with van der Waals surface area (Å²) in [4.78, 5) is 33.2. The van der Waals surface area contributed by atoms with Crippen LogP contribution in [-0.4, -0.2) is 27.8 Å². The fourth-order valence-corrected chi connectivity index (χ4v) is 3.62. The molecule has 33 heavy (non-hydrogen) atoms. The average molecular weight is 445 g/mol. The van der Waals surface area contributed by atoms with Crippen molar-refractivity contribution in [2.75, 3.05) is 0 Å². The number of benzene rings is 1. The lowest BCUT2D eigenvalue weighted by molar-refractivity contribution is 0.0937. The first-order chi connectivity index (χ1) is 15.8. The summed E-state index contributed by atoms with van der Waals surface area (Å²) in [6.45, 7) is 7.40. The van der Waals surface area contributed by atoms with E-state index in [0.29, 0.717) is 24.0 Å². The van der Waals surface area contributed by atoms with Crippen molar-refractivity contribution < 1.29 is 14.0 Å². The number of rotatable bonds is 7. The van der Waals surface area contributed by atoms with Crippen LogP contribution in [0.1, 0.15) is 51.9 Å². The maximum Gasteiger partial charge on any atom is 0.270 e. The lowest BCUT2D eigenvalue weighted by atomic mass is 10.1. The maximum absolute atomic E-state index is 13.4. The van der Waals surface area contributed by atoms with E-state index in [1.165, 1.54) is 12.1 Å². The minimum Gasteiger partial charge on any atom is -0.347 e. The molecule has 1 atom stereocenters. The van der Waals surface area contributed by atoms with Gasteiger partial charge in [-0.3, -0.25) is 9.59 Å². The van der Waals surface area contributed by atoms with Crippen LogP contribution in [0.5, 0.6) is 0 Å². The number of carbonyl (C=O) groups is 2. The molecule has 1 aromatic carbocycles. The quantitative estimate of drug-likeness (QED) is 0.632. The molecule has 1 aromatic heterocycles. The first-order valence-corrected chi connectivity index (χ1v) is 10.4. The van der Waals surface area contributed by atoms with Crippen molar-refractivity contribution in [1.29, 1.82) is 5.26 Å². The number of aromatic nitrogens is 2. The second-order valence-electron chi connectivity index (χ2n) is 7.74. The fraction of sp³-hybridized carbons (Fsp3) is 0.240. The lowest BCUT2D eigenvalue weighted by Crippen LogP contribution is -2.35. The van der Waals surface area contributed by atoms with E-state index in [-0.39, 0.29) is 29.8 Å². The first kappa shape index (κ1) is 23.5. The molecule has 7 nitrogen and oxygen atoms in total. The SMILES string of the molecule is C=CC1=C(/C=C(\C)C#N)CCC1NC(=O)c1cc(C(=O)NCc2ccc(F)c(C)c2)ncn1. The van der Waals surface area contributed by atoms with Gasteiger partial charge in [-0.2, -0.15) is 5.26 Å². The number of halogens is 1. The van der Waals surface area contributed by atoms with Gasteiger partial charge in [-0.25, -0.2) is 14.4 Å². The van der Waals surface area contributed by atoms with Crippen LogP contribution in [0.4, 0.5) is 4.39 Å². The Labute approximate surface area is 191 Å². The highest BCUT2D eigenvalue weighted by Gasteiger charge is 2.25. The van der Waals surface area contributed by atoms with Gasteiger partial charge in [0.25, 0.3) is 11.8 Å². The zero-order valence-corrected chi connectivity index (χ0v) is 18.5. The Morgan fingerprint density at radius 1 is 1.27 bits per heavy atom. The molecule has 2 aromatic rings. The van der Waals surface area contributed by atoms with E-state index in [9.17, 15) is 14.0 Å². The van der Waals surface area contributed by atoms with Crippen molar-refractivity contribution in [1.82, 2.24) is 20.6 Å². The molecule has 1 aliphatic rings. The number of carbonyl (C=O) groups excluding carboxylic acids is 2. The minimum atomic E-state index is -0.472. The van der Waals surface area contributed by atoms with Crippen LogP contribution >= 0.6 is 0 Å². The van der Waals surface area contributed by atoms with Gasteiger partial charge in [0.15, 0.2) is 0 Å². The Balaban J connectivity index is 1.68. The Bertz CT molecular complexity index is 1210. The van der Waals surface area contributed by atoms with Crippen LogP contribution in [0.2, 0.25) is 0 Å². The summed E-state index contributed by atoms with van der Waals surface area (Å²) < 4.78 is 13.4. The van der Waals surface area contributed by atoms with Crippen LogP contribution in [-0.2, 0) is 6.54 Å². The van der Waals surface area contributed by atoms with Crippen LogP contribution in [0, 0.1) is 24.1 Å². The summed E-state index contributed by atoms with van der Waals surface area (Å²) in [5.41, 5.74) is 3.76. The van der Waals surface area contributed by atoms with E-state index < -0.39 is 11.8 Å². The molecule has 1 aliphatic carbocycles. The van der Waals surface area contributed by atoms with E-state index in [4.69, 9.17) is 5.26 Å². The zero-order chi connectivity index (χ0) is 24.0. The fourth-order valence-electron chi connectivity index (χ4n) is 3.62. The molecule has 0 spiro atoms. The van der Waals surface area contributed by atoms with Crippen LogP contribution in [0.3, 0.4) is 0 Å². The Morgan fingerprint density at radius 2 is 2.00 bits per heavy atom. The molecule has 0 bridgehead atoms. The summed E-state index contributed by atoms with van der Waals surface area (Å²) >= 11 is 0. The largest absolute Gasteiger partial charge is 0.347 e. The number of amides is 2. The van der Waals surface area contributed by atoms with Gasteiger partial charge < -0.3 is 10.6 Å². The van der Waals surface area contributed by atoms with E-state index in [1.807, 2.05) is 0 Å². The molecule has 8 heteroatoms. The summed E-state index contributed by atoms with van der Waals surface area (Å²) in [6.07, 6.45) is 6.04. The summed E-state index contributed by atoms with van der Waals surface area (Å²) in [7, 11) is 0. The molecule has 168 valence electrons. The van der Waals surface area contributed by atoms with Crippen molar-refractivity contribution in [3.8, 4) is 6.07 Å². The highest BCUT2D eigenvalue weighted by molar-refractivity contribution is 5.97. The number of nitriles is 1. The van der Waals surface area contributed by atoms with Crippen molar-refractivity contribution in [2.45, 2.75) is 39.3 Å². The zero-order valence-electron chi connectivity index (χ0n) is 18.5. The highest BCUT2D eigenvalue weighted by Crippen LogP contribution is 2.29. The Morgan fingerprint density at radius 3 is 2.67 bits per heavy atom. The normalized spacial score (nSPS) is 15.7. The van der Waals surface area contributed by atoms with Gasteiger partial charge in [0.1, 0.15) is 23.5 Å². The molecular formula is C25H24FN5O2. The van der Waals surface area contributed by atoms with Gasteiger partial charge in [-0.15, -0.1) is 0 Å². The number of aryl methyl sites for hydroxylation is 1. The number of hydrogen-bond donors (Lipinski definition) is 2. The molecule has 0 aliphatic heterocycles. The predicted molar refractivity (Wildman–Crippen MR) is 121 cm³/mol. The van der Waals surface area contributed by atoms with Gasteiger partial charge in [-0.1, -0.05) is 24.8 Å². The number of nitrogens with one attached hydrogen (secondary N) is 2. The third-order valence-electron chi connectivity index (χ3n) is 5.35. The number of hydrogen-bond acceptors (Lipinski definition) is 5. The third kappa shape index (κ3) is 5.77. The van der Waals surface area contributed by atoms with Gasteiger partial charge in [0, 0.05) is 18.2 Å². The highest BCUT2D eigenvalue weighted by atomic mass is 19.1. The predicted octanol–water partition coefficient (Wildman–Crippen LogP) is 3.70. The molecule has 0 saturated carbocycles. The second-order valence-corrected chi connectivity index (χ2v) is 7.74. The molecule has 2 N–H and O–H groups in total. The van der Waals surface area contributed by atoms with Crippen molar-refractivity contribution in [3.05, 3.63) is 94.4 Å². The van der Waals surface area contributed by atoms with Crippen molar-refractivity contribution in [2.24, 2.45) is 0 Å². The van der Waals surface area contributed by atoms with Gasteiger partial charge in [0.2, 0.25) is 0 Å². The van der Waals surface area contributed by atoms with Gasteiger partial charge >= 0.3 is 0 Å². The van der Waals surface area contributed by atoms with E-state index in [1.54, 1.807) is 38.1 Å². The summed E-state index contributed by atoms with van der Waals surface area (Å²) in [6, 6.07) is 7.76. The molecule has 0 saturated heterocycles. The number of allylic oxidation sites excluding steroid dienone is 3. The van der Waals surface area contributed by atoms with Crippen molar-refractivity contribution in [3.63, 3.8) is 0 Å². The monoisotopic (exact) mass is 445 g/mol. The van der Waals surface area contributed by atoms with Gasteiger partial charge in [-0.05, 0) is 61.1 Å². The standard InChI is InChI=1S/C25H24FN5O2/c1-4-19-18(9-15(2)12-27)6-8-21(19)31-25(33)23-11-22(29-14-30-23)24(32)28-13-17-5-7-20(26)16(3)10-17/h4-5,7,9-11,14,21H,1,6,8,13H2,2-3H3,(H,28,32)(H,31,33)/b15-9+. The molecule has 0 radical (unpaired) electrons.